The molecule has 0 N–H and O–H groups in total. The molecule has 1 aromatic rings. The fourth-order valence-corrected chi connectivity index (χ4v) is 1.93. The average Bonchev–Trinajstić information content (AvgIpc) is 2.38. The molecule has 0 fully saturated rings. The van der Waals surface area contributed by atoms with E-state index in [4.69, 9.17) is 0 Å². The number of hydrogen-bond donors (Lipinski definition) is 0. The first kappa shape index (κ1) is 14.6. The van der Waals surface area contributed by atoms with Crippen LogP contribution in [0.1, 0.15) is 15.9 Å². The first-order chi connectivity index (χ1) is 8.49. The van der Waals surface area contributed by atoms with Crippen molar-refractivity contribution in [3.8, 4) is 0 Å². The molecule has 0 atom stereocenters. The summed E-state index contributed by atoms with van der Waals surface area (Å²) in [6, 6.07) is 5.72. The number of hydrogen-bond acceptors (Lipinski definition) is 4. The molecule has 0 unspecified atom stereocenters. The molecule has 0 bridgehead atoms. The number of methoxy groups -OCH3 is 1. The number of carbonyl (C=O) groups is 2. The van der Waals surface area contributed by atoms with Crippen molar-refractivity contribution in [2.24, 2.45) is 0 Å². The Bertz CT molecular complexity index is 460. The number of aryl methyl sites for hydroxylation is 1. The molecule has 1 aromatic carbocycles. The van der Waals surface area contributed by atoms with Crippen molar-refractivity contribution in [1.82, 2.24) is 4.90 Å². The number of carbonyl (C=O) groups excluding carboxylic acids is 2. The summed E-state index contributed by atoms with van der Waals surface area (Å²) >= 11 is 1.58. The lowest BCUT2D eigenvalue weighted by Crippen LogP contribution is -2.33. The van der Waals surface area contributed by atoms with Crippen LogP contribution >= 0.6 is 11.8 Å². The minimum absolute atomic E-state index is 0.0434. The summed E-state index contributed by atoms with van der Waals surface area (Å²) in [5.41, 5.74) is 1.52. The molecule has 0 aliphatic rings. The van der Waals surface area contributed by atoms with Gasteiger partial charge in [-0.15, -0.1) is 11.8 Å². The first-order valence-corrected chi connectivity index (χ1v) is 6.69. The Labute approximate surface area is 111 Å². The van der Waals surface area contributed by atoms with Gasteiger partial charge in [0, 0.05) is 17.5 Å². The number of likely N-dealkylation sites (N-methyl/N-ethyl adjacent to an activating group) is 1. The smallest absolute Gasteiger partial charge is 0.325 e. The van der Waals surface area contributed by atoms with E-state index in [1.807, 2.05) is 31.4 Å². The molecule has 0 saturated heterocycles. The van der Waals surface area contributed by atoms with Gasteiger partial charge in [0.1, 0.15) is 6.54 Å². The van der Waals surface area contributed by atoms with Gasteiger partial charge in [-0.3, -0.25) is 9.59 Å². The molecule has 5 heteroatoms. The fourth-order valence-electron chi connectivity index (χ4n) is 1.49. The average molecular weight is 267 g/mol. The lowest BCUT2D eigenvalue weighted by molar-refractivity contribution is -0.141. The Balaban J connectivity index is 2.92. The normalized spacial score (nSPS) is 10.0. The maximum Gasteiger partial charge on any atom is 0.325 e. The van der Waals surface area contributed by atoms with Crippen LogP contribution in [-0.4, -0.2) is 43.7 Å². The monoisotopic (exact) mass is 267 g/mol. The summed E-state index contributed by atoms with van der Waals surface area (Å²) in [6.07, 6.45) is 1.96. The maximum atomic E-state index is 12.2. The number of ether oxygens (including phenoxy) is 1. The molecule has 98 valence electrons. The van der Waals surface area contributed by atoms with E-state index in [0.717, 1.165) is 10.5 Å². The third-order valence-corrected chi connectivity index (χ3v) is 3.34. The Hall–Kier alpha value is -1.49. The Morgan fingerprint density at radius 1 is 1.39 bits per heavy atom. The maximum absolute atomic E-state index is 12.2. The van der Waals surface area contributed by atoms with Crippen LogP contribution in [0.15, 0.2) is 23.1 Å². The number of benzene rings is 1. The minimum Gasteiger partial charge on any atom is -0.468 e. The van der Waals surface area contributed by atoms with Gasteiger partial charge in [-0.05, 0) is 30.9 Å². The minimum atomic E-state index is -0.426. The third-order valence-electron chi connectivity index (χ3n) is 2.62. The summed E-state index contributed by atoms with van der Waals surface area (Å²) in [7, 11) is 2.89. The zero-order valence-corrected chi connectivity index (χ0v) is 11.8. The number of nitrogens with zero attached hydrogens (tertiary/aromatic N) is 1. The molecule has 18 heavy (non-hydrogen) atoms. The Morgan fingerprint density at radius 3 is 2.61 bits per heavy atom. The van der Waals surface area contributed by atoms with Gasteiger partial charge < -0.3 is 9.64 Å². The molecule has 1 rings (SSSR count). The molecule has 1 amide bonds. The predicted octanol–water partition coefficient (Wildman–Crippen LogP) is 1.96. The number of esters is 1. The van der Waals surface area contributed by atoms with Crippen LogP contribution in [0.5, 0.6) is 0 Å². The summed E-state index contributed by atoms with van der Waals surface area (Å²) in [6.45, 7) is 1.83. The summed E-state index contributed by atoms with van der Waals surface area (Å²) in [4.78, 5) is 25.7. The Morgan fingerprint density at radius 2 is 2.06 bits per heavy atom. The molecule has 0 aliphatic heterocycles. The van der Waals surface area contributed by atoms with Crippen molar-refractivity contribution in [3.05, 3.63) is 29.3 Å². The van der Waals surface area contributed by atoms with Crippen LogP contribution in [0.25, 0.3) is 0 Å². The molecule has 0 heterocycles. The standard InChI is InChI=1S/C13H17NO3S/c1-9-5-6-10(18-4)7-11(9)13(16)14(2)8-12(15)17-3/h5-7H,8H2,1-4H3. The van der Waals surface area contributed by atoms with Gasteiger partial charge in [-0.2, -0.15) is 0 Å². The van der Waals surface area contributed by atoms with Crippen LogP contribution in [0, 0.1) is 6.92 Å². The zero-order chi connectivity index (χ0) is 13.7. The molecule has 0 aliphatic carbocycles. The topological polar surface area (TPSA) is 46.6 Å². The molecule has 4 nitrogen and oxygen atoms in total. The van der Waals surface area contributed by atoms with E-state index in [9.17, 15) is 9.59 Å². The van der Waals surface area contributed by atoms with E-state index in [2.05, 4.69) is 4.74 Å². The van der Waals surface area contributed by atoms with Crippen LogP contribution in [0.3, 0.4) is 0 Å². The van der Waals surface area contributed by atoms with Gasteiger partial charge in [-0.25, -0.2) is 0 Å². The molecular weight excluding hydrogens is 250 g/mol. The van der Waals surface area contributed by atoms with Gasteiger partial charge in [-0.1, -0.05) is 6.07 Å². The van der Waals surface area contributed by atoms with Crippen molar-refractivity contribution in [2.75, 3.05) is 27.0 Å². The third kappa shape index (κ3) is 3.50. The zero-order valence-electron chi connectivity index (χ0n) is 11.0. The van der Waals surface area contributed by atoms with Gasteiger partial charge in [0.05, 0.1) is 7.11 Å². The highest BCUT2D eigenvalue weighted by molar-refractivity contribution is 7.98. The Kier molecular flexibility index (Phi) is 5.22. The molecule has 0 spiro atoms. The fraction of sp³-hybridized carbons (Fsp3) is 0.385. The lowest BCUT2D eigenvalue weighted by atomic mass is 10.1. The lowest BCUT2D eigenvalue weighted by Gasteiger charge is -2.17. The molecule has 0 saturated carbocycles. The van der Waals surface area contributed by atoms with E-state index in [0.29, 0.717) is 5.56 Å². The summed E-state index contributed by atoms with van der Waals surface area (Å²) < 4.78 is 4.55. The first-order valence-electron chi connectivity index (χ1n) is 5.46. The van der Waals surface area contributed by atoms with Crippen molar-refractivity contribution >= 4 is 23.6 Å². The van der Waals surface area contributed by atoms with E-state index in [1.165, 1.54) is 12.0 Å². The highest BCUT2D eigenvalue weighted by Gasteiger charge is 2.17. The van der Waals surface area contributed by atoms with Gasteiger partial charge >= 0.3 is 5.97 Å². The molecule has 0 radical (unpaired) electrons. The second-order valence-electron chi connectivity index (χ2n) is 3.92. The second kappa shape index (κ2) is 6.44. The van der Waals surface area contributed by atoms with Crippen molar-refractivity contribution < 1.29 is 14.3 Å². The number of amides is 1. The summed E-state index contributed by atoms with van der Waals surface area (Å²) in [5.74, 6) is -0.599. The van der Waals surface area contributed by atoms with Crippen molar-refractivity contribution in [3.63, 3.8) is 0 Å². The van der Waals surface area contributed by atoms with Gasteiger partial charge in [0.15, 0.2) is 0 Å². The van der Waals surface area contributed by atoms with Crippen molar-refractivity contribution in [2.45, 2.75) is 11.8 Å². The highest BCUT2D eigenvalue weighted by atomic mass is 32.2. The van der Waals surface area contributed by atoms with E-state index < -0.39 is 5.97 Å². The highest BCUT2D eigenvalue weighted by Crippen LogP contribution is 2.20. The number of thioether (sulfide) groups is 1. The van der Waals surface area contributed by atoms with Gasteiger partial charge in [0.25, 0.3) is 5.91 Å². The number of rotatable bonds is 4. The second-order valence-corrected chi connectivity index (χ2v) is 4.80. The molecule has 0 aromatic heterocycles. The van der Waals surface area contributed by atoms with Crippen molar-refractivity contribution in [1.29, 1.82) is 0 Å². The van der Waals surface area contributed by atoms with Crippen LogP contribution in [0.2, 0.25) is 0 Å². The molecular formula is C13H17NO3S. The quantitative estimate of drug-likeness (QED) is 0.618. The van der Waals surface area contributed by atoms with Gasteiger partial charge in [0.2, 0.25) is 0 Å². The predicted molar refractivity (Wildman–Crippen MR) is 71.9 cm³/mol. The van der Waals surface area contributed by atoms with Crippen LogP contribution < -0.4 is 0 Å². The van der Waals surface area contributed by atoms with E-state index >= 15 is 0 Å². The van der Waals surface area contributed by atoms with E-state index in [1.54, 1.807) is 18.8 Å². The van der Waals surface area contributed by atoms with Crippen LogP contribution in [0.4, 0.5) is 0 Å². The SMILES string of the molecule is COC(=O)CN(C)C(=O)c1cc(SC)ccc1C. The largest absolute Gasteiger partial charge is 0.468 e. The van der Waals surface area contributed by atoms with E-state index in [-0.39, 0.29) is 12.5 Å². The summed E-state index contributed by atoms with van der Waals surface area (Å²) in [5, 5.41) is 0. The van der Waals surface area contributed by atoms with Crippen LogP contribution in [-0.2, 0) is 9.53 Å².